The highest BCUT2D eigenvalue weighted by Gasteiger charge is 2.29. The van der Waals surface area contributed by atoms with Crippen molar-refractivity contribution >= 4 is 5.95 Å². The lowest BCUT2D eigenvalue weighted by Gasteiger charge is -2.29. The molecule has 1 aromatic rings. The van der Waals surface area contributed by atoms with Crippen molar-refractivity contribution in [3.63, 3.8) is 0 Å². The molecule has 2 N–H and O–H groups in total. The molecular formula is C11H19N3. The van der Waals surface area contributed by atoms with Gasteiger partial charge < -0.3 is 10.3 Å². The van der Waals surface area contributed by atoms with Crippen LogP contribution in [0.15, 0.2) is 0 Å². The molecule has 78 valence electrons. The van der Waals surface area contributed by atoms with Crippen LogP contribution < -0.4 is 5.73 Å². The molecule has 1 aliphatic rings. The van der Waals surface area contributed by atoms with E-state index in [9.17, 15) is 0 Å². The molecule has 3 nitrogen and oxygen atoms in total. The van der Waals surface area contributed by atoms with Gasteiger partial charge in [-0.3, -0.25) is 0 Å². The monoisotopic (exact) mass is 193 g/mol. The average Bonchev–Trinajstić information content (AvgIpc) is 2.37. The van der Waals surface area contributed by atoms with E-state index >= 15 is 0 Å². The fourth-order valence-electron chi connectivity index (χ4n) is 2.33. The van der Waals surface area contributed by atoms with Gasteiger partial charge in [-0.2, -0.15) is 0 Å². The van der Waals surface area contributed by atoms with Gasteiger partial charge in [0.1, 0.15) is 0 Å². The lowest BCUT2D eigenvalue weighted by atomic mass is 9.78. The van der Waals surface area contributed by atoms with E-state index in [0.717, 1.165) is 19.4 Å². The molecule has 0 radical (unpaired) electrons. The normalized spacial score (nSPS) is 19.4. The third kappa shape index (κ3) is 1.41. The van der Waals surface area contributed by atoms with Crippen molar-refractivity contribution in [1.82, 2.24) is 9.55 Å². The van der Waals surface area contributed by atoms with Gasteiger partial charge in [0.15, 0.2) is 0 Å². The van der Waals surface area contributed by atoms with E-state index in [1.165, 1.54) is 17.8 Å². The summed E-state index contributed by atoms with van der Waals surface area (Å²) in [5.41, 5.74) is 8.86. The Hall–Kier alpha value is -0.990. The topological polar surface area (TPSA) is 43.8 Å². The second kappa shape index (κ2) is 3.01. The minimum atomic E-state index is 0.395. The molecule has 3 heteroatoms. The van der Waals surface area contributed by atoms with Crippen molar-refractivity contribution in [3.8, 4) is 0 Å². The summed E-state index contributed by atoms with van der Waals surface area (Å²) in [5.74, 6) is 0.690. The molecule has 0 fully saturated rings. The summed E-state index contributed by atoms with van der Waals surface area (Å²) in [5, 5.41) is 0. The van der Waals surface area contributed by atoms with Crippen LogP contribution in [0.2, 0.25) is 0 Å². The largest absolute Gasteiger partial charge is 0.369 e. The first-order valence-corrected chi connectivity index (χ1v) is 5.37. The maximum atomic E-state index is 5.87. The van der Waals surface area contributed by atoms with E-state index in [1.54, 1.807) is 0 Å². The minimum absolute atomic E-state index is 0.395. The number of imidazole rings is 1. The summed E-state index contributed by atoms with van der Waals surface area (Å²) in [7, 11) is 0. The van der Waals surface area contributed by atoms with Crippen molar-refractivity contribution in [3.05, 3.63) is 11.4 Å². The zero-order valence-electron chi connectivity index (χ0n) is 9.30. The molecule has 0 amide bonds. The first kappa shape index (κ1) is 9.56. The van der Waals surface area contributed by atoms with Crippen molar-refractivity contribution in [2.75, 3.05) is 5.73 Å². The number of hydrogen-bond acceptors (Lipinski definition) is 2. The number of nitrogens with zero attached hydrogens (tertiary/aromatic N) is 2. The lowest BCUT2D eigenvalue weighted by molar-refractivity contribution is 0.307. The van der Waals surface area contributed by atoms with Crippen LogP contribution >= 0.6 is 0 Å². The Balaban J connectivity index is 2.41. The number of fused-ring (bicyclic) bond motifs is 1. The van der Waals surface area contributed by atoms with E-state index in [2.05, 4.69) is 30.3 Å². The minimum Gasteiger partial charge on any atom is -0.369 e. The molecule has 0 saturated heterocycles. The first-order chi connectivity index (χ1) is 6.53. The van der Waals surface area contributed by atoms with E-state index < -0.39 is 0 Å². The van der Waals surface area contributed by atoms with Gasteiger partial charge in [-0.1, -0.05) is 13.8 Å². The molecule has 0 atom stereocenters. The molecule has 0 aliphatic heterocycles. The zero-order valence-corrected chi connectivity index (χ0v) is 9.30. The Morgan fingerprint density at radius 3 is 2.86 bits per heavy atom. The number of nitrogen functional groups attached to an aromatic ring is 1. The van der Waals surface area contributed by atoms with Gasteiger partial charge in [-0.15, -0.1) is 0 Å². The summed E-state index contributed by atoms with van der Waals surface area (Å²) in [4.78, 5) is 4.46. The third-order valence-corrected chi connectivity index (χ3v) is 3.19. The predicted octanol–water partition coefficient (Wildman–Crippen LogP) is 2.00. The predicted molar refractivity (Wildman–Crippen MR) is 58.1 cm³/mol. The molecule has 0 bridgehead atoms. The molecule has 14 heavy (non-hydrogen) atoms. The van der Waals surface area contributed by atoms with E-state index in [0.29, 0.717) is 11.4 Å². The number of anilines is 1. The highest BCUT2D eigenvalue weighted by atomic mass is 15.2. The van der Waals surface area contributed by atoms with Gasteiger partial charge in [-0.05, 0) is 31.6 Å². The SMILES string of the molecule is CCn1c(N)nc2c1CCC(C)(C)C2. The average molecular weight is 193 g/mol. The van der Waals surface area contributed by atoms with Gasteiger partial charge in [0.25, 0.3) is 0 Å². The Bertz CT molecular complexity index is 350. The molecular weight excluding hydrogens is 174 g/mol. The van der Waals surface area contributed by atoms with Crippen LogP contribution in [0.5, 0.6) is 0 Å². The number of rotatable bonds is 1. The van der Waals surface area contributed by atoms with Crippen molar-refractivity contribution < 1.29 is 0 Å². The Kier molecular flexibility index (Phi) is 2.05. The van der Waals surface area contributed by atoms with Crippen molar-refractivity contribution in [2.45, 2.75) is 46.6 Å². The molecule has 1 heterocycles. The highest BCUT2D eigenvalue weighted by molar-refractivity contribution is 5.31. The zero-order chi connectivity index (χ0) is 10.3. The molecule has 0 aromatic carbocycles. The van der Waals surface area contributed by atoms with Crippen LogP contribution in [-0.4, -0.2) is 9.55 Å². The Morgan fingerprint density at radius 2 is 2.21 bits per heavy atom. The van der Waals surface area contributed by atoms with Gasteiger partial charge in [0, 0.05) is 12.2 Å². The summed E-state index contributed by atoms with van der Waals surface area (Å²) >= 11 is 0. The molecule has 0 unspecified atom stereocenters. The molecule has 0 saturated carbocycles. The fourth-order valence-corrected chi connectivity index (χ4v) is 2.33. The third-order valence-electron chi connectivity index (χ3n) is 3.19. The maximum Gasteiger partial charge on any atom is 0.200 e. The molecule has 0 spiro atoms. The second-order valence-electron chi connectivity index (χ2n) is 4.95. The summed E-state index contributed by atoms with van der Waals surface area (Å²) in [6.07, 6.45) is 3.44. The Labute approximate surface area is 85.3 Å². The molecule has 1 aliphatic carbocycles. The summed E-state index contributed by atoms with van der Waals surface area (Å²) in [6.45, 7) is 7.67. The van der Waals surface area contributed by atoms with Crippen molar-refractivity contribution in [2.24, 2.45) is 5.41 Å². The maximum absolute atomic E-state index is 5.87. The second-order valence-corrected chi connectivity index (χ2v) is 4.95. The first-order valence-electron chi connectivity index (χ1n) is 5.37. The van der Waals surface area contributed by atoms with Gasteiger partial charge in [-0.25, -0.2) is 4.98 Å². The van der Waals surface area contributed by atoms with Crippen LogP contribution in [-0.2, 0) is 19.4 Å². The number of nitrogens with two attached hydrogens (primary N) is 1. The summed E-state index contributed by atoms with van der Waals surface area (Å²) in [6, 6.07) is 0. The van der Waals surface area contributed by atoms with Crippen LogP contribution in [0.25, 0.3) is 0 Å². The highest BCUT2D eigenvalue weighted by Crippen LogP contribution is 2.35. The molecule has 1 aromatic heterocycles. The Morgan fingerprint density at radius 1 is 1.50 bits per heavy atom. The van der Waals surface area contributed by atoms with E-state index in [1.807, 2.05) is 0 Å². The smallest absolute Gasteiger partial charge is 0.200 e. The molecule has 2 rings (SSSR count). The quantitative estimate of drug-likeness (QED) is 0.741. The van der Waals surface area contributed by atoms with Crippen molar-refractivity contribution in [1.29, 1.82) is 0 Å². The van der Waals surface area contributed by atoms with Crippen LogP contribution in [0, 0.1) is 5.41 Å². The summed E-state index contributed by atoms with van der Waals surface area (Å²) < 4.78 is 2.14. The van der Waals surface area contributed by atoms with Gasteiger partial charge in [0.05, 0.1) is 5.69 Å². The van der Waals surface area contributed by atoms with Gasteiger partial charge in [0.2, 0.25) is 5.95 Å². The lowest BCUT2D eigenvalue weighted by Crippen LogP contribution is -2.23. The van der Waals surface area contributed by atoms with Crippen LogP contribution in [0.3, 0.4) is 0 Å². The van der Waals surface area contributed by atoms with Gasteiger partial charge >= 0.3 is 0 Å². The number of hydrogen-bond donors (Lipinski definition) is 1. The standard InChI is InChI=1S/C11H19N3/c1-4-14-9-5-6-11(2,3)7-8(9)13-10(14)12/h4-7H2,1-3H3,(H2,12,13). The fraction of sp³-hybridized carbons (Fsp3) is 0.727. The van der Waals surface area contributed by atoms with E-state index in [-0.39, 0.29) is 0 Å². The van der Waals surface area contributed by atoms with Crippen LogP contribution in [0.4, 0.5) is 5.95 Å². The van der Waals surface area contributed by atoms with E-state index in [4.69, 9.17) is 5.73 Å². The number of aromatic nitrogens is 2. The van der Waals surface area contributed by atoms with Crippen LogP contribution in [0.1, 0.15) is 38.6 Å².